The van der Waals surface area contributed by atoms with Crippen molar-refractivity contribution in [2.75, 3.05) is 19.6 Å². The molecule has 5 nitrogen and oxygen atoms in total. The number of likely N-dealkylation sites (tertiary alicyclic amines) is 1. The van der Waals surface area contributed by atoms with E-state index in [2.05, 4.69) is 31.0 Å². The molecule has 1 amide bonds. The van der Waals surface area contributed by atoms with E-state index in [1.165, 1.54) is 6.42 Å². The molecular formula is C16H25N3O2. The number of hydrogen-bond acceptors (Lipinski definition) is 4. The zero-order chi connectivity index (χ0) is 15.2. The van der Waals surface area contributed by atoms with Gasteiger partial charge >= 0.3 is 0 Å². The molecule has 0 unspecified atom stereocenters. The van der Waals surface area contributed by atoms with E-state index in [0.717, 1.165) is 43.4 Å². The Hall–Kier alpha value is -1.33. The molecule has 0 spiro atoms. The summed E-state index contributed by atoms with van der Waals surface area (Å²) in [4.78, 5) is 13.9. The number of nitrogens with one attached hydrogen (secondary N) is 1. The van der Waals surface area contributed by atoms with E-state index in [9.17, 15) is 4.79 Å². The first-order chi connectivity index (χ1) is 9.86. The maximum atomic E-state index is 11.4. The molecule has 21 heavy (non-hydrogen) atoms. The van der Waals surface area contributed by atoms with Gasteiger partial charge in [0.2, 0.25) is 0 Å². The highest BCUT2D eigenvalue weighted by Gasteiger charge is 2.38. The molecule has 2 aliphatic rings. The summed E-state index contributed by atoms with van der Waals surface area (Å²) in [6.07, 6.45) is 1.25. The van der Waals surface area contributed by atoms with E-state index in [0.29, 0.717) is 6.04 Å². The van der Waals surface area contributed by atoms with Crippen LogP contribution in [0.25, 0.3) is 0 Å². The number of carbonyl (C=O) groups is 1. The number of nitrogens with zero attached hydrogens (tertiary/aromatic N) is 1. The molecule has 0 aromatic carbocycles. The first kappa shape index (κ1) is 14.6. The zero-order valence-electron chi connectivity index (χ0n) is 13.1. The Bertz CT molecular complexity index is 544. The SMILES string of the molecule is CC(C)(C)c1oc(C(N)=O)cc1CN1CC[C@H]2CNC[C@H]21. The van der Waals surface area contributed by atoms with Crippen molar-refractivity contribution in [3.63, 3.8) is 0 Å². The van der Waals surface area contributed by atoms with Crippen molar-refractivity contribution in [1.29, 1.82) is 0 Å². The van der Waals surface area contributed by atoms with E-state index in [-0.39, 0.29) is 11.2 Å². The molecule has 5 heteroatoms. The van der Waals surface area contributed by atoms with Crippen LogP contribution in [0.2, 0.25) is 0 Å². The second-order valence-electron chi connectivity index (χ2n) is 7.32. The molecule has 2 atom stereocenters. The van der Waals surface area contributed by atoms with Crippen molar-refractivity contribution in [3.05, 3.63) is 23.2 Å². The maximum Gasteiger partial charge on any atom is 0.284 e. The summed E-state index contributed by atoms with van der Waals surface area (Å²) < 4.78 is 5.75. The van der Waals surface area contributed by atoms with E-state index in [4.69, 9.17) is 10.2 Å². The Kier molecular flexibility index (Phi) is 3.58. The van der Waals surface area contributed by atoms with Crippen LogP contribution in [0.4, 0.5) is 0 Å². The molecule has 0 aliphatic carbocycles. The van der Waals surface area contributed by atoms with Crippen molar-refractivity contribution in [1.82, 2.24) is 10.2 Å². The van der Waals surface area contributed by atoms with Gasteiger partial charge in [0.1, 0.15) is 5.76 Å². The Morgan fingerprint density at radius 3 is 2.90 bits per heavy atom. The lowest BCUT2D eigenvalue weighted by Gasteiger charge is -2.25. The summed E-state index contributed by atoms with van der Waals surface area (Å²) in [5, 5.41) is 3.47. The fourth-order valence-corrected chi connectivity index (χ4v) is 3.66. The predicted octanol–water partition coefficient (Wildman–Crippen LogP) is 1.47. The number of amides is 1. The van der Waals surface area contributed by atoms with Crippen LogP contribution in [0.3, 0.4) is 0 Å². The third-order valence-corrected chi connectivity index (χ3v) is 4.67. The standard InChI is InChI=1S/C16H25N3O2/c1-16(2,3)14-11(6-13(21-14)15(17)20)9-19-5-4-10-7-18-8-12(10)19/h6,10,12,18H,4-5,7-9H2,1-3H3,(H2,17,20)/t10-,12+/m0/s1. The lowest BCUT2D eigenvalue weighted by atomic mass is 9.90. The van der Waals surface area contributed by atoms with Gasteiger partial charge in [-0.15, -0.1) is 0 Å². The van der Waals surface area contributed by atoms with Crippen LogP contribution in [0.5, 0.6) is 0 Å². The predicted molar refractivity (Wildman–Crippen MR) is 81.1 cm³/mol. The molecule has 1 aromatic rings. The normalized spacial score (nSPS) is 26.2. The summed E-state index contributed by atoms with van der Waals surface area (Å²) in [6, 6.07) is 2.45. The summed E-state index contributed by atoms with van der Waals surface area (Å²) in [5.74, 6) is 1.43. The first-order valence-corrected chi connectivity index (χ1v) is 7.74. The molecule has 0 bridgehead atoms. The van der Waals surface area contributed by atoms with Gasteiger partial charge in [-0.2, -0.15) is 0 Å². The summed E-state index contributed by atoms with van der Waals surface area (Å²) in [7, 11) is 0. The largest absolute Gasteiger partial charge is 0.455 e. The highest BCUT2D eigenvalue weighted by atomic mass is 16.4. The first-order valence-electron chi connectivity index (χ1n) is 7.74. The van der Waals surface area contributed by atoms with Crippen LogP contribution in [-0.4, -0.2) is 36.5 Å². The number of rotatable bonds is 3. The number of hydrogen-bond donors (Lipinski definition) is 2. The molecule has 2 saturated heterocycles. The second kappa shape index (κ2) is 5.14. The van der Waals surface area contributed by atoms with Gasteiger partial charge in [0.25, 0.3) is 5.91 Å². The van der Waals surface area contributed by atoms with E-state index < -0.39 is 5.91 Å². The highest BCUT2D eigenvalue weighted by Crippen LogP contribution is 2.33. The molecule has 2 aliphatic heterocycles. The fourth-order valence-electron chi connectivity index (χ4n) is 3.66. The molecule has 3 N–H and O–H groups in total. The van der Waals surface area contributed by atoms with Gasteiger partial charge in [-0.1, -0.05) is 20.8 Å². The zero-order valence-corrected chi connectivity index (χ0v) is 13.1. The summed E-state index contributed by atoms with van der Waals surface area (Å²) >= 11 is 0. The number of fused-ring (bicyclic) bond motifs is 1. The van der Waals surface area contributed by atoms with Gasteiger partial charge in [0.15, 0.2) is 5.76 Å². The van der Waals surface area contributed by atoms with Crippen LogP contribution in [0, 0.1) is 5.92 Å². The quantitative estimate of drug-likeness (QED) is 0.884. The van der Waals surface area contributed by atoms with Gasteiger partial charge in [-0.05, 0) is 31.5 Å². The van der Waals surface area contributed by atoms with Crippen molar-refractivity contribution in [2.24, 2.45) is 11.7 Å². The lowest BCUT2D eigenvalue weighted by Crippen LogP contribution is -2.34. The molecule has 1 aromatic heterocycles. The number of primary amides is 1. The van der Waals surface area contributed by atoms with E-state index >= 15 is 0 Å². The molecular weight excluding hydrogens is 266 g/mol. The number of carbonyl (C=O) groups excluding carboxylic acids is 1. The smallest absolute Gasteiger partial charge is 0.284 e. The Morgan fingerprint density at radius 2 is 2.24 bits per heavy atom. The number of furan rings is 1. The van der Waals surface area contributed by atoms with Crippen LogP contribution in [0.15, 0.2) is 10.5 Å². The highest BCUT2D eigenvalue weighted by molar-refractivity contribution is 5.90. The molecule has 0 saturated carbocycles. The molecule has 3 heterocycles. The Labute approximate surface area is 125 Å². The maximum absolute atomic E-state index is 11.4. The van der Waals surface area contributed by atoms with Gasteiger partial charge in [-0.3, -0.25) is 9.69 Å². The van der Waals surface area contributed by atoms with Crippen molar-refractivity contribution in [2.45, 2.75) is 45.2 Å². The minimum atomic E-state index is -0.492. The Morgan fingerprint density at radius 1 is 1.48 bits per heavy atom. The third-order valence-electron chi connectivity index (χ3n) is 4.67. The number of nitrogens with two attached hydrogens (primary N) is 1. The fraction of sp³-hybridized carbons (Fsp3) is 0.688. The average Bonchev–Trinajstić information content (AvgIpc) is 3.05. The van der Waals surface area contributed by atoms with E-state index in [1.54, 1.807) is 0 Å². The third kappa shape index (κ3) is 2.72. The topological polar surface area (TPSA) is 71.5 Å². The molecule has 2 fully saturated rings. The van der Waals surface area contributed by atoms with E-state index in [1.807, 2.05) is 6.07 Å². The van der Waals surface area contributed by atoms with Gasteiger partial charge in [-0.25, -0.2) is 0 Å². The second-order valence-corrected chi connectivity index (χ2v) is 7.32. The van der Waals surface area contributed by atoms with Crippen molar-refractivity contribution >= 4 is 5.91 Å². The average molecular weight is 291 g/mol. The van der Waals surface area contributed by atoms with Crippen LogP contribution >= 0.6 is 0 Å². The molecule has 3 rings (SSSR count). The summed E-state index contributed by atoms with van der Waals surface area (Å²) in [5.41, 5.74) is 6.35. The Balaban J connectivity index is 1.85. The lowest BCUT2D eigenvalue weighted by molar-refractivity contribution is 0.0970. The summed E-state index contributed by atoms with van der Waals surface area (Å²) in [6.45, 7) is 10.5. The molecule has 0 radical (unpaired) electrons. The van der Waals surface area contributed by atoms with Crippen molar-refractivity contribution in [3.8, 4) is 0 Å². The molecule has 116 valence electrons. The van der Waals surface area contributed by atoms with Crippen LogP contribution in [-0.2, 0) is 12.0 Å². The van der Waals surface area contributed by atoms with Crippen LogP contribution in [0.1, 0.15) is 49.1 Å². The van der Waals surface area contributed by atoms with Gasteiger partial charge < -0.3 is 15.5 Å². The minimum absolute atomic E-state index is 0.129. The van der Waals surface area contributed by atoms with Crippen molar-refractivity contribution < 1.29 is 9.21 Å². The minimum Gasteiger partial charge on any atom is -0.455 e. The van der Waals surface area contributed by atoms with Crippen LogP contribution < -0.4 is 11.1 Å². The van der Waals surface area contributed by atoms with Gasteiger partial charge in [0.05, 0.1) is 0 Å². The van der Waals surface area contributed by atoms with Gasteiger partial charge in [0, 0.05) is 30.1 Å². The monoisotopic (exact) mass is 291 g/mol.